The summed E-state index contributed by atoms with van der Waals surface area (Å²) in [6.07, 6.45) is 0.966. The van der Waals surface area contributed by atoms with Crippen molar-refractivity contribution in [2.75, 3.05) is 0 Å². The third-order valence-electron chi connectivity index (χ3n) is 5.59. The molecule has 28 heavy (non-hydrogen) atoms. The maximum Gasteiger partial charge on any atom is 0.193 e. The summed E-state index contributed by atoms with van der Waals surface area (Å²) in [4.78, 5) is 24.3. The minimum absolute atomic E-state index is 0.0369. The maximum atomic E-state index is 13.1. The monoisotopic (exact) mass is 369 g/mol. The number of rotatable bonds is 5. The second-order valence-corrected chi connectivity index (χ2v) is 7.32. The third kappa shape index (κ3) is 2.84. The fourth-order valence-corrected chi connectivity index (χ4v) is 3.95. The second kappa shape index (κ2) is 7.08. The van der Waals surface area contributed by atoms with Crippen LogP contribution in [0.5, 0.6) is 0 Å². The molecule has 0 N–H and O–H groups in total. The number of hydrogen-bond donors (Lipinski definition) is 0. The maximum absolute atomic E-state index is 13.1. The first kappa shape index (κ1) is 18.2. The van der Waals surface area contributed by atoms with E-state index in [4.69, 9.17) is 0 Å². The molecule has 3 heteroatoms. The van der Waals surface area contributed by atoms with Gasteiger partial charge in [-0.3, -0.25) is 4.79 Å². The number of hydrogen-bond acceptors (Lipinski definition) is 2. The van der Waals surface area contributed by atoms with Gasteiger partial charge < -0.3 is 9.36 Å². The topological polar surface area (TPSA) is 39.1 Å². The standard InChI is InChI=1S/C25H23NO2/c1-4-26-23-11-9-18(17(3)15-27)13-21(23)22-14-19(10-12-24(22)26)25(28)20-8-6-5-7-16(20)2/h5-15,17H,4H2,1-3H3. The van der Waals surface area contributed by atoms with Crippen LogP contribution in [0.15, 0.2) is 60.7 Å². The smallest absolute Gasteiger partial charge is 0.193 e. The minimum atomic E-state index is -0.152. The molecule has 3 nitrogen and oxygen atoms in total. The van der Waals surface area contributed by atoms with Crippen molar-refractivity contribution in [3.63, 3.8) is 0 Å². The number of ketones is 1. The molecule has 0 aliphatic carbocycles. The van der Waals surface area contributed by atoms with E-state index in [-0.39, 0.29) is 11.7 Å². The highest BCUT2D eigenvalue weighted by molar-refractivity contribution is 6.15. The van der Waals surface area contributed by atoms with Crippen LogP contribution in [-0.2, 0) is 11.3 Å². The van der Waals surface area contributed by atoms with Gasteiger partial charge in [-0.25, -0.2) is 0 Å². The van der Waals surface area contributed by atoms with E-state index in [1.54, 1.807) is 0 Å². The Labute approximate surface area is 164 Å². The Morgan fingerprint density at radius 3 is 2.36 bits per heavy atom. The molecular weight excluding hydrogens is 346 g/mol. The molecule has 1 heterocycles. The molecule has 0 fully saturated rings. The lowest BCUT2D eigenvalue weighted by molar-refractivity contribution is -0.108. The molecule has 4 rings (SSSR count). The van der Waals surface area contributed by atoms with Gasteiger partial charge in [-0.15, -0.1) is 0 Å². The molecule has 0 spiro atoms. The Morgan fingerprint density at radius 1 is 1.00 bits per heavy atom. The predicted octanol–water partition coefficient (Wildman–Crippen LogP) is 5.66. The summed E-state index contributed by atoms with van der Waals surface area (Å²) in [7, 11) is 0. The minimum Gasteiger partial charge on any atom is -0.341 e. The fraction of sp³-hybridized carbons (Fsp3) is 0.200. The van der Waals surface area contributed by atoms with Crippen LogP contribution in [-0.4, -0.2) is 16.6 Å². The van der Waals surface area contributed by atoms with E-state index < -0.39 is 0 Å². The van der Waals surface area contributed by atoms with Gasteiger partial charge in [-0.1, -0.05) is 37.3 Å². The number of aromatic nitrogens is 1. The first-order valence-electron chi connectivity index (χ1n) is 9.66. The summed E-state index contributed by atoms with van der Waals surface area (Å²) in [6, 6.07) is 19.8. The van der Waals surface area contributed by atoms with E-state index in [2.05, 4.69) is 23.6 Å². The van der Waals surface area contributed by atoms with Crippen molar-refractivity contribution in [3.8, 4) is 0 Å². The van der Waals surface area contributed by atoms with Gasteiger partial charge in [0, 0.05) is 45.4 Å². The van der Waals surface area contributed by atoms with E-state index in [1.807, 2.05) is 62.4 Å². The van der Waals surface area contributed by atoms with Crippen molar-refractivity contribution in [1.82, 2.24) is 4.57 Å². The highest BCUT2D eigenvalue weighted by atomic mass is 16.1. The van der Waals surface area contributed by atoms with Gasteiger partial charge in [0.25, 0.3) is 0 Å². The number of carbonyl (C=O) groups is 2. The first-order valence-corrected chi connectivity index (χ1v) is 9.66. The highest BCUT2D eigenvalue weighted by Crippen LogP contribution is 2.32. The van der Waals surface area contributed by atoms with Gasteiger partial charge >= 0.3 is 0 Å². The van der Waals surface area contributed by atoms with Crippen molar-refractivity contribution in [2.45, 2.75) is 33.2 Å². The van der Waals surface area contributed by atoms with Crippen LogP contribution < -0.4 is 0 Å². The van der Waals surface area contributed by atoms with Crippen molar-refractivity contribution in [3.05, 3.63) is 82.9 Å². The zero-order valence-corrected chi connectivity index (χ0v) is 16.4. The number of aryl methyl sites for hydroxylation is 2. The summed E-state index contributed by atoms with van der Waals surface area (Å²) in [6.45, 7) is 6.82. The van der Waals surface area contributed by atoms with E-state index >= 15 is 0 Å². The predicted molar refractivity (Wildman–Crippen MR) is 114 cm³/mol. The number of aldehydes is 1. The van der Waals surface area contributed by atoms with Crippen molar-refractivity contribution >= 4 is 33.9 Å². The zero-order chi connectivity index (χ0) is 19.8. The SMILES string of the molecule is CCn1c2ccc(C(=O)c3ccccc3C)cc2c2cc(C(C)C=O)ccc21. The van der Waals surface area contributed by atoms with Crippen LogP contribution in [0, 0.1) is 6.92 Å². The fourth-order valence-electron chi connectivity index (χ4n) is 3.95. The molecule has 0 bridgehead atoms. The molecule has 0 aliphatic rings. The van der Waals surface area contributed by atoms with Gasteiger partial charge in [0.15, 0.2) is 5.78 Å². The molecule has 1 unspecified atom stereocenters. The molecule has 4 aromatic rings. The number of benzene rings is 3. The molecule has 3 aromatic carbocycles. The molecular formula is C25H23NO2. The second-order valence-electron chi connectivity index (χ2n) is 7.32. The van der Waals surface area contributed by atoms with Gasteiger partial charge in [-0.05, 0) is 55.3 Å². The van der Waals surface area contributed by atoms with Crippen LogP contribution in [0.2, 0.25) is 0 Å². The third-order valence-corrected chi connectivity index (χ3v) is 5.59. The lowest BCUT2D eigenvalue weighted by Crippen LogP contribution is -2.03. The number of nitrogens with zero attached hydrogens (tertiary/aromatic N) is 1. The van der Waals surface area contributed by atoms with E-state index in [0.717, 1.165) is 51.3 Å². The largest absolute Gasteiger partial charge is 0.341 e. The van der Waals surface area contributed by atoms with E-state index in [0.29, 0.717) is 5.56 Å². The molecule has 140 valence electrons. The quantitative estimate of drug-likeness (QED) is 0.336. The van der Waals surface area contributed by atoms with Gasteiger partial charge in [0.05, 0.1) is 0 Å². The van der Waals surface area contributed by atoms with Gasteiger partial charge in [0.1, 0.15) is 6.29 Å². The lowest BCUT2D eigenvalue weighted by Gasteiger charge is -2.06. The summed E-state index contributed by atoms with van der Waals surface area (Å²) in [5.74, 6) is -0.115. The Morgan fingerprint density at radius 2 is 1.68 bits per heavy atom. The van der Waals surface area contributed by atoms with Crippen molar-refractivity contribution < 1.29 is 9.59 Å². The Balaban J connectivity index is 1.95. The summed E-state index contributed by atoms with van der Waals surface area (Å²) < 4.78 is 2.25. The van der Waals surface area contributed by atoms with Crippen molar-refractivity contribution in [2.24, 2.45) is 0 Å². The molecule has 1 atom stereocenters. The highest BCUT2D eigenvalue weighted by Gasteiger charge is 2.16. The molecule has 0 radical (unpaired) electrons. The molecule has 0 aliphatic heterocycles. The Kier molecular flexibility index (Phi) is 4.60. The molecule has 0 saturated heterocycles. The van der Waals surface area contributed by atoms with Crippen LogP contribution >= 0.6 is 0 Å². The first-order chi connectivity index (χ1) is 13.5. The Hall–Kier alpha value is -3.20. The lowest BCUT2D eigenvalue weighted by atomic mass is 9.97. The Bertz CT molecular complexity index is 1220. The average Bonchev–Trinajstić information content (AvgIpc) is 3.05. The molecule has 0 saturated carbocycles. The molecule has 0 amide bonds. The van der Waals surface area contributed by atoms with Crippen molar-refractivity contribution in [1.29, 1.82) is 0 Å². The summed E-state index contributed by atoms with van der Waals surface area (Å²) in [5, 5.41) is 2.14. The normalized spacial score (nSPS) is 12.4. The summed E-state index contributed by atoms with van der Waals surface area (Å²) in [5.41, 5.74) is 5.62. The van der Waals surface area contributed by atoms with Crippen LogP contribution in [0.25, 0.3) is 21.8 Å². The number of carbonyl (C=O) groups excluding carboxylic acids is 2. The average molecular weight is 369 g/mol. The van der Waals surface area contributed by atoms with Crippen LogP contribution in [0.3, 0.4) is 0 Å². The summed E-state index contributed by atoms with van der Waals surface area (Å²) >= 11 is 0. The van der Waals surface area contributed by atoms with Crippen LogP contribution in [0.1, 0.15) is 46.8 Å². The van der Waals surface area contributed by atoms with Gasteiger partial charge in [-0.2, -0.15) is 0 Å². The van der Waals surface area contributed by atoms with E-state index in [9.17, 15) is 9.59 Å². The van der Waals surface area contributed by atoms with E-state index in [1.165, 1.54) is 0 Å². The zero-order valence-electron chi connectivity index (χ0n) is 16.4. The number of fused-ring (bicyclic) bond motifs is 3. The molecule has 1 aromatic heterocycles. The van der Waals surface area contributed by atoms with Crippen LogP contribution in [0.4, 0.5) is 0 Å². The van der Waals surface area contributed by atoms with Gasteiger partial charge in [0.2, 0.25) is 0 Å².